The summed E-state index contributed by atoms with van der Waals surface area (Å²) in [5.41, 5.74) is -0.445. The SMILES string of the molecule is CC(C)(C)OC(=O)N1C[C@@H]2CC(=O)C[C@@H](C2)C1. The summed E-state index contributed by atoms with van der Waals surface area (Å²) in [6.45, 7) is 6.98. The quantitative estimate of drug-likeness (QED) is 0.651. The average molecular weight is 239 g/mol. The van der Waals surface area contributed by atoms with Gasteiger partial charge in [0.2, 0.25) is 0 Å². The summed E-state index contributed by atoms with van der Waals surface area (Å²) in [6, 6.07) is 0. The van der Waals surface area contributed by atoms with Crippen LogP contribution in [0.25, 0.3) is 0 Å². The topological polar surface area (TPSA) is 46.6 Å². The molecule has 0 radical (unpaired) electrons. The minimum atomic E-state index is -0.445. The predicted molar refractivity (Wildman–Crippen MR) is 63.6 cm³/mol. The lowest BCUT2D eigenvalue weighted by Gasteiger charge is -2.40. The van der Waals surface area contributed by atoms with Crippen molar-refractivity contribution in [3.8, 4) is 0 Å². The van der Waals surface area contributed by atoms with Crippen molar-refractivity contribution in [1.29, 1.82) is 0 Å². The molecule has 4 nitrogen and oxygen atoms in total. The van der Waals surface area contributed by atoms with Gasteiger partial charge in [0.1, 0.15) is 11.4 Å². The molecule has 1 heterocycles. The number of nitrogens with zero attached hydrogens (tertiary/aromatic N) is 1. The van der Waals surface area contributed by atoms with Gasteiger partial charge in [-0.05, 0) is 39.0 Å². The smallest absolute Gasteiger partial charge is 0.410 e. The van der Waals surface area contributed by atoms with Crippen LogP contribution in [0.15, 0.2) is 0 Å². The van der Waals surface area contributed by atoms with E-state index in [1.165, 1.54) is 0 Å². The van der Waals surface area contributed by atoms with E-state index >= 15 is 0 Å². The zero-order valence-electron chi connectivity index (χ0n) is 10.9. The van der Waals surface area contributed by atoms with Crippen LogP contribution in [0.4, 0.5) is 4.79 Å². The molecule has 2 rings (SSSR count). The molecule has 2 atom stereocenters. The van der Waals surface area contributed by atoms with Crippen molar-refractivity contribution >= 4 is 11.9 Å². The van der Waals surface area contributed by atoms with Gasteiger partial charge in [-0.15, -0.1) is 0 Å². The molecule has 17 heavy (non-hydrogen) atoms. The fourth-order valence-electron chi connectivity index (χ4n) is 2.82. The molecule has 1 saturated carbocycles. The summed E-state index contributed by atoms with van der Waals surface area (Å²) in [7, 11) is 0. The van der Waals surface area contributed by atoms with E-state index in [1.54, 1.807) is 4.90 Å². The van der Waals surface area contributed by atoms with Gasteiger partial charge in [0.05, 0.1) is 0 Å². The van der Waals surface area contributed by atoms with Crippen LogP contribution in [0.1, 0.15) is 40.0 Å². The summed E-state index contributed by atoms with van der Waals surface area (Å²) in [5, 5.41) is 0. The number of amides is 1. The number of ether oxygens (including phenoxy) is 1. The molecule has 1 aliphatic heterocycles. The number of carbonyl (C=O) groups is 2. The fraction of sp³-hybridized carbons (Fsp3) is 0.846. The van der Waals surface area contributed by atoms with E-state index in [4.69, 9.17) is 4.74 Å². The maximum Gasteiger partial charge on any atom is 0.410 e. The van der Waals surface area contributed by atoms with Gasteiger partial charge in [-0.2, -0.15) is 0 Å². The lowest BCUT2D eigenvalue weighted by molar-refractivity contribution is -0.125. The van der Waals surface area contributed by atoms with Gasteiger partial charge >= 0.3 is 6.09 Å². The first-order valence-electron chi connectivity index (χ1n) is 6.33. The zero-order chi connectivity index (χ0) is 12.6. The molecule has 4 heteroatoms. The van der Waals surface area contributed by atoms with E-state index in [1.807, 2.05) is 20.8 Å². The number of hydrogen-bond donors (Lipinski definition) is 0. The molecule has 0 aromatic rings. The van der Waals surface area contributed by atoms with Gasteiger partial charge in [-0.1, -0.05) is 0 Å². The molecular formula is C13H21NO3. The van der Waals surface area contributed by atoms with Crippen LogP contribution in [-0.4, -0.2) is 35.5 Å². The van der Waals surface area contributed by atoms with E-state index in [0.29, 0.717) is 43.6 Å². The Balaban J connectivity index is 1.96. The van der Waals surface area contributed by atoms with Crippen molar-refractivity contribution < 1.29 is 14.3 Å². The standard InChI is InChI=1S/C13H21NO3/c1-13(2,3)17-12(16)14-7-9-4-10(8-14)6-11(15)5-9/h9-10H,4-8H2,1-3H3/t9-,10+. The molecule has 0 spiro atoms. The van der Waals surface area contributed by atoms with E-state index < -0.39 is 5.60 Å². The maximum absolute atomic E-state index is 11.9. The number of fused-ring (bicyclic) bond motifs is 2. The number of Topliss-reactive ketones (excluding diaryl/α,β-unsaturated/α-hetero) is 1. The summed E-state index contributed by atoms with van der Waals surface area (Å²) in [4.78, 5) is 25.2. The van der Waals surface area contributed by atoms with Gasteiger partial charge in [0, 0.05) is 25.9 Å². The lowest BCUT2D eigenvalue weighted by Crippen LogP contribution is -2.48. The second-order valence-corrected chi connectivity index (χ2v) is 6.30. The van der Waals surface area contributed by atoms with Crippen LogP contribution >= 0.6 is 0 Å². The van der Waals surface area contributed by atoms with Gasteiger partial charge in [0.15, 0.2) is 0 Å². The monoisotopic (exact) mass is 239 g/mol. The molecule has 1 saturated heterocycles. The highest BCUT2D eigenvalue weighted by Gasteiger charge is 2.37. The Labute approximate surface area is 102 Å². The Morgan fingerprint density at radius 3 is 2.24 bits per heavy atom. The molecule has 0 aromatic carbocycles. The van der Waals surface area contributed by atoms with Crippen molar-refractivity contribution in [2.75, 3.05) is 13.1 Å². The molecule has 2 aliphatic rings. The molecule has 0 aromatic heterocycles. The molecule has 0 N–H and O–H groups in total. The largest absolute Gasteiger partial charge is 0.444 e. The molecule has 2 bridgehead atoms. The molecule has 2 fully saturated rings. The van der Waals surface area contributed by atoms with Crippen molar-refractivity contribution in [3.05, 3.63) is 0 Å². The summed E-state index contributed by atoms with van der Waals surface area (Å²) in [6.07, 6.45) is 2.12. The summed E-state index contributed by atoms with van der Waals surface area (Å²) < 4.78 is 5.37. The first kappa shape index (κ1) is 12.4. The predicted octanol–water partition coefficient (Wildman–Crippen LogP) is 2.22. The van der Waals surface area contributed by atoms with Crippen LogP contribution in [0.2, 0.25) is 0 Å². The second kappa shape index (κ2) is 4.31. The highest BCUT2D eigenvalue weighted by Crippen LogP contribution is 2.33. The van der Waals surface area contributed by atoms with Crippen LogP contribution < -0.4 is 0 Å². The van der Waals surface area contributed by atoms with Crippen LogP contribution in [0.3, 0.4) is 0 Å². The zero-order valence-corrected chi connectivity index (χ0v) is 10.9. The van der Waals surface area contributed by atoms with Crippen molar-refractivity contribution in [2.45, 2.75) is 45.6 Å². The third-order valence-corrected chi connectivity index (χ3v) is 3.31. The van der Waals surface area contributed by atoms with E-state index in [2.05, 4.69) is 0 Å². The Hall–Kier alpha value is -1.06. The van der Waals surface area contributed by atoms with Gasteiger partial charge in [-0.25, -0.2) is 4.79 Å². The van der Waals surface area contributed by atoms with Crippen LogP contribution in [0, 0.1) is 11.8 Å². The lowest BCUT2D eigenvalue weighted by atomic mass is 9.77. The highest BCUT2D eigenvalue weighted by atomic mass is 16.6. The Kier molecular flexibility index (Phi) is 3.15. The molecule has 1 aliphatic carbocycles. The van der Waals surface area contributed by atoms with Crippen molar-refractivity contribution in [3.63, 3.8) is 0 Å². The minimum absolute atomic E-state index is 0.235. The van der Waals surface area contributed by atoms with E-state index in [-0.39, 0.29) is 6.09 Å². The summed E-state index contributed by atoms with van der Waals surface area (Å²) in [5.74, 6) is 1.06. The third kappa shape index (κ3) is 3.20. The van der Waals surface area contributed by atoms with Crippen LogP contribution in [0.5, 0.6) is 0 Å². The highest BCUT2D eigenvalue weighted by molar-refractivity contribution is 5.80. The number of ketones is 1. The molecule has 0 unspecified atom stereocenters. The van der Waals surface area contributed by atoms with E-state index in [9.17, 15) is 9.59 Å². The van der Waals surface area contributed by atoms with Gasteiger partial charge in [0.25, 0.3) is 0 Å². The van der Waals surface area contributed by atoms with E-state index in [0.717, 1.165) is 6.42 Å². The van der Waals surface area contributed by atoms with Gasteiger partial charge < -0.3 is 9.64 Å². The number of rotatable bonds is 0. The van der Waals surface area contributed by atoms with Crippen molar-refractivity contribution in [2.24, 2.45) is 11.8 Å². The Morgan fingerprint density at radius 2 is 1.76 bits per heavy atom. The molecule has 96 valence electrons. The minimum Gasteiger partial charge on any atom is -0.444 e. The number of likely N-dealkylation sites (tertiary alicyclic amines) is 1. The average Bonchev–Trinajstić information content (AvgIpc) is 2.12. The molecule has 1 amide bonds. The molecular weight excluding hydrogens is 218 g/mol. The Morgan fingerprint density at radius 1 is 1.24 bits per heavy atom. The maximum atomic E-state index is 11.9. The number of carbonyl (C=O) groups excluding carboxylic acids is 2. The van der Waals surface area contributed by atoms with Crippen molar-refractivity contribution in [1.82, 2.24) is 4.90 Å². The van der Waals surface area contributed by atoms with Gasteiger partial charge in [-0.3, -0.25) is 4.79 Å². The fourth-order valence-corrected chi connectivity index (χ4v) is 2.82. The third-order valence-electron chi connectivity index (χ3n) is 3.31. The number of piperidine rings is 1. The Bertz CT molecular complexity index is 316. The first-order valence-corrected chi connectivity index (χ1v) is 6.33. The first-order chi connectivity index (χ1) is 7.83. The normalized spacial score (nSPS) is 29.1. The second-order valence-electron chi connectivity index (χ2n) is 6.30. The summed E-state index contributed by atoms with van der Waals surface area (Å²) >= 11 is 0. The van der Waals surface area contributed by atoms with Crippen LogP contribution in [-0.2, 0) is 9.53 Å². The number of hydrogen-bond acceptors (Lipinski definition) is 3.